The molecule has 0 radical (unpaired) electrons. The first-order valence-corrected chi connectivity index (χ1v) is 14.8. The average molecular weight is 489 g/mol. The topological polar surface area (TPSA) is 9.23 Å². The first-order valence-electron chi connectivity index (χ1n) is 14.8. The van der Waals surface area contributed by atoms with E-state index in [9.17, 15) is 0 Å². The van der Waals surface area contributed by atoms with Crippen molar-refractivity contribution in [1.29, 1.82) is 0 Å². The lowest BCUT2D eigenvalue weighted by molar-refractivity contribution is 0.127. The molecule has 0 atom stereocenters. The van der Waals surface area contributed by atoms with Crippen molar-refractivity contribution in [1.82, 2.24) is 0 Å². The third kappa shape index (κ3) is 4.82. The maximum atomic E-state index is 5.47. The Hall–Kier alpha value is -1.60. The summed E-state index contributed by atoms with van der Waals surface area (Å²) < 4.78 is 5.47. The van der Waals surface area contributed by atoms with E-state index in [1.807, 2.05) is 7.11 Å². The molecule has 2 aliphatic rings. The lowest BCUT2D eigenvalue weighted by atomic mass is 9.71. The van der Waals surface area contributed by atoms with Gasteiger partial charge in [-0.3, -0.25) is 0 Å². The van der Waals surface area contributed by atoms with E-state index in [1.54, 1.807) is 33.4 Å². The maximum Gasteiger partial charge on any atom is 0.0490 e. The van der Waals surface area contributed by atoms with E-state index in [0.717, 1.165) is 24.4 Å². The molecule has 0 spiro atoms. The quantitative estimate of drug-likeness (QED) is 0.407. The van der Waals surface area contributed by atoms with Crippen LogP contribution in [0.1, 0.15) is 126 Å². The summed E-state index contributed by atoms with van der Waals surface area (Å²) in [6.07, 6.45) is 10.7. The van der Waals surface area contributed by atoms with Crippen molar-refractivity contribution in [2.24, 2.45) is 11.8 Å². The number of ether oxygens (including phenoxy) is 1. The molecule has 0 heterocycles. The molecule has 0 amide bonds. The predicted octanol–water partition coefficient (Wildman–Crippen LogP) is 10.0. The van der Waals surface area contributed by atoms with Gasteiger partial charge in [0.05, 0.1) is 0 Å². The van der Waals surface area contributed by atoms with Crippen LogP contribution >= 0.6 is 0 Å². The lowest BCUT2D eigenvalue weighted by Crippen LogP contribution is -2.19. The van der Waals surface area contributed by atoms with Crippen LogP contribution in [-0.2, 0) is 4.74 Å². The van der Waals surface area contributed by atoms with Gasteiger partial charge >= 0.3 is 0 Å². The third-order valence-electron chi connectivity index (χ3n) is 10.7. The van der Waals surface area contributed by atoms with Crippen LogP contribution in [0.3, 0.4) is 0 Å². The zero-order chi connectivity index (χ0) is 26.3. The second kappa shape index (κ2) is 11.0. The molecule has 2 aromatic rings. The smallest absolute Gasteiger partial charge is 0.0490 e. The van der Waals surface area contributed by atoms with E-state index < -0.39 is 0 Å². The molecule has 198 valence electrons. The average Bonchev–Trinajstić information content (AvgIpc) is 2.86. The first-order chi connectivity index (χ1) is 17.1. The summed E-state index contributed by atoms with van der Waals surface area (Å²) >= 11 is 0. The fraction of sp³-hybridized carbons (Fsp3) is 0.657. The molecule has 0 bridgehead atoms. The fourth-order valence-electron chi connectivity index (χ4n) is 8.06. The van der Waals surface area contributed by atoms with Crippen molar-refractivity contribution in [3.8, 4) is 11.1 Å². The van der Waals surface area contributed by atoms with Gasteiger partial charge in [0.25, 0.3) is 0 Å². The Kier molecular flexibility index (Phi) is 8.40. The van der Waals surface area contributed by atoms with Gasteiger partial charge in [-0.1, -0.05) is 19.8 Å². The molecule has 1 nitrogen and oxygen atoms in total. The second-order valence-electron chi connectivity index (χ2n) is 12.7. The van der Waals surface area contributed by atoms with Crippen molar-refractivity contribution >= 4 is 0 Å². The minimum Gasteiger partial charge on any atom is -0.384 e. The van der Waals surface area contributed by atoms with E-state index >= 15 is 0 Å². The monoisotopic (exact) mass is 488 g/mol. The molecule has 0 aliphatic heterocycles. The highest BCUT2D eigenvalue weighted by Crippen LogP contribution is 2.47. The SMILES string of the molecule is COCC1CCC(c2c(C)c(C)c(-c3c(C)c(C)c(C4CCC(C)CC4)c(C)c3C)c(C)c2C)CC1. The van der Waals surface area contributed by atoms with Crippen LogP contribution in [0.2, 0.25) is 0 Å². The van der Waals surface area contributed by atoms with Crippen molar-refractivity contribution in [3.05, 3.63) is 55.6 Å². The first kappa shape index (κ1) is 27.4. The summed E-state index contributed by atoms with van der Waals surface area (Å²) in [5, 5.41) is 0. The van der Waals surface area contributed by atoms with Crippen molar-refractivity contribution in [2.75, 3.05) is 13.7 Å². The minimum absolute atomic E-state index is 0.700. The molecule has 4 rings (SSSR count). The number of benzene rings is 2. The second-order valence-corrected chi connectivity index (χ2v) is 12.7. The zero-order valence-corrected chi connectivity index (χ0v) is 25.1. The van der Waals surface area contributed by atoms with Crippen molar-refractivity contribution in [3.63, 3.8) is 0 Å². The van der Waals surface area contributed by atoms with Crippen LogP contribution in [0, 0.1) is 67.2 Å². The van der Waals surface area contributed by atoms with E-state index in [-0.39, 0.29) is 0 Å². The highest BCUT2D eigenvalue weighted by atomic mass is 16.5. The Labute approximate surface area is 222 Å². The highest BCUT2D eigenvalue weighted by molar-refractivity contribution is 5.82. The molecule has 2 aromatic carbocycles. The Morgan fingerprint density at radius 2 is 0.833 bits per heavy atom. The van der Waals surface area contributed by atoms with Gasteiger partial charge in [-0.2, -0.15) is 0 Å². The molecule has 0 N–H and O–H groups in total. The van der Waals surface area contributed by atoms with Crippen LogP contribution in [0.25, 0.3) is 11.1 Å². The molecule has 0 saturated heterocycles. The van der Waals surface area contributed by atoms with Gasteiger partial charge in [0.2, 0.25) is 0 Å². The Bertz CT molecular complexity index is 1050. The van der Waals surface area contributed by atoms with Gasteiger partial charge in [0.1, 0.15) is 0 Å². The summed E-state index contributed by atoms with van der Waals surface area (Å²) in [5.41, 5.74) is 18.6. The largest absolute Gasteiger partial charge is 0.384 e. The normalized spacial score (nSPS) is 24.8. The van der Waals surface area contributed by atoms with Crippen LogP contribution < -0.4 is 0 Å². The Morgan fingerprint density at radius 1 is 0.500 bits per heavy atom. The summed E-state index contributed by atoms with van der Waals surface area (Å²) in [6.45, 7) is 22.6. The molecular formula is C35H52O. The van der Waals surface area contributed by atoms with E-state index in [1.165, 1.54) is 84.7 Å². The van der Waals surface area contributed by atoms with Crippen LogP contribution in [0.4, 0.5) is 0 Å². The molecule has 1 heteroatoms. The minimum atomic E-state index is 0.700. The lowest BCUT2D eigenvalue weighted by Gasteiger charge is -2.34. The van der Waals surface area contributed by atoms with E-state index in [0.29, 0.717) is 5.92 Å². The molecule has 0 unspecified atom stereocenters. The van der Waals surface area contributed by atoms with Crippen LogP contribution in [-0.4, -0.2) is 13.7 Å². The van der Waals surface area contributed by atoms with Crippen LogP contribution in [0.15, 0.2) is 0 Å². The fourth-order valence-corrected chi connectivity index (χ4v) is 8.06. The van der Waals surface area contributed by atoms with Gasteiger partial charge in [-0.05, 0) is 184 Å². The Balaban J connectivity index is 1.78. The summed E-state index contributed by atoms with van der Waals surface area (Å²) in [4.78, 5) is 0. The van der Waals surface area contributed by atoms with Gasteiger partial charge < -0.3 is 4.74 Å². The van der Waals surface area contributed by atoms with E-state index in [4.69, 9.17) is 4.74 Å². The van der Waals surface area contributed by atoms with Crippen molar-refractivity contribution in [2.45, 2.75) is 126 Å². The zero-order valence-electron chi connectivity index (χ0n) is 25.1. The number of rotatable bonds is 5. The molecule has 2 saturated carbocycles. The van der Waals surface area contributed by atoms with Gasteiger partial charge in [0.15, 0.2) is 0 Å². The summed E-state index contributed by atoms with van der Waals surface area (Å²) in [5.74, 6) is 3.09. The van der Waals surface area contributed by atoms with Crippen LogP contribution in [0.5, 0.6) is 0 Å². The van der Waals surface area contributed by atoms with Gasteiger partial charge in [-0.15, -0.1) is 0 Å². The van der Waals surface area contributed by atoms with E-state index in [2.05, 4.69) is 62.3 Å². The molecular weight excluding hydrogens is 436 g/mol. The van der Waals surface area contributed by atoms with Gasteiger partial charge in [0, 0.05) is 13.7 Å². The molecule has 0 aromatic heterocycles. The predicted molar refractivity (Wildman–Crippen MR) is 157 cm³/mol. The number of hydrogen-bond acceptors (Lipinski definition) is 1. The highest BCUT2D eigenvalue weighted by Gasteiger charge is 2.30. The molecule has 36 heavy (non-hydrogen) atoms. The van der Waals surface area contributed by atoms with Crippen molar-refractivity contribution < 1.29 is 4.74 Å². The summed E-state index contributed by atoms with van der Waals surface area (Å²) in [6, 6.07) is 0. The third-order valence-corrected chi connectivity index (χ3v) is 10.7. The number of hydrogen-bond donors (Lipinski definition) is 0. The molecule has 2 aliphatic carbocycles. The Morgan fingerprint density at radius 3 is 1.17 bits per heavy atom. The standard InChI is InChI=1S/C35H52O/c1-20-11-15-30(16-12-20)32-21(2)25(6)34(26(7)22(32)3)35-27(8)23(4)33(24(5)28(35)9)31-17-13-29(14-18-31)19-36-10/h20,29-31H,11-19H2,1-10H3. The number of methoxy groups -OCH3 is 1. The summed E-state index contributed by atoms with van der Waals surface area (Å²) in [7, 11) is 1.85. The maximum absolute atomic E-state index is 5.47. The van der Waals surface area contributed by atoms with Gasteiger partial charge in [-0.25, -0.2) is 0 Å². The molecule has 2 fully saturated rings.